The fourth-order valence-electron chi connectivity index (χ4n) is 4.88. The maximum Gasteiger partial charge on any atom is 0.253 e. The zero-order valence-corrected chi connectivity index (χ0v) is 20.6. The number of nitrogens with zero attached hydrogens (tertiary/aromatic N) is 4. The molecule has 2 amide bonds. The topological polar surface area (TPSA) is 47.1 Å². The van der Waals surface area contributed by atoms with E-state index in [4.69, 9.17) is 0 Å². The van der Waals surface area contributed by atoms with Gasteiger partial charge in [-0.15, -0.1) is 0 Å². The van der Waals surface area contributed by atoms with Gasteiger partial charge in [-0.3, -0.25) is 14.5 Å². The van der Waals surface area contributed by atoms with Gasteiger partial charge in [0.25, 0.3) is 5.91 Å². The number of amides is 2. The summed E-state index contributed by atoms with van der Waals surface area (Å²) >= 11 is 0. The van der Waals surface area contributed by atoms with Gasteiger partial charge < -0.3 is 14.7 Å². The minimum Gasteiger partial charge on any atom is -0.336 e. The van der Waals surface area contributed by atoms with Gasteiger partial charge in [-0.1, -0.05) is 33.1 Å². The molecule has 1 aromatic carbocycles. The van der Waals surface area contributed by atoms with Crippen LogP contribution in [0.25, 0.3) is 0 Å². The molecule has 2 heterocycles. The Kier molecular flexibility index (Phi) is 9.11. The molecule has 1 fully saturated rings. The standard InChI is InChI=1S/C26H42N4O2/c1-21(2)19-28-12-8-6-5-7-9-13-30(22(3)31)25-11-10-23(18-24(25)20-28)26(32)29-16-14-27(4)15-17-29/h10-11,18,21H,5-9,12-17,19-20H2,1-4H3. The summed E-state index contributed by atoms with van der Waals surface area (Å²) in [5.74, 6) is 0.763. The lowest BCUT2D eigenvalue weighted by Crippen LogP contribution is -2.47. The predicted molar refractivity (Wildman–Crippen MR) is 131 cm³/mol. The smallest absolute Gasteiger partial charge is 0.253 e. The highest BCUT2D eigenvalue weighted by atomic mass is 16.2. The number of likely N-dealkylation sites (N-methyl/N-ethyl adjacent to an activating group) is 1. The second-order valence-electron chi connectivity index (χ2n) is 10.0. The maximum absolute atomic E-state index is 13.3. The molecule has 0 unspecified atom stereocenters. The Morgan fingerprint density at radius 2 is 1.56 bits per heavy atom. The van der Waals surface area contributed by atoms with E-state index in [0.29, 0.717) is 5.92 Å². The number of carbonyl (C=O) groups excluding carboxylic acids is 2. The molecule has 6 nitrogen and oxygen atoms in total. The minimum absolute atomic E-state index is 0.0804. The van der Waals surface area contributed by atoms with Crippen LogP contribution < -0.4 is 4.90 Å². The van der Waals surface area contributed by atoms with E-state index in [1.165, 1.54) is 19.3 Å². The molecular weight excluding hydrogens is 400 g/mol. The zero-order chi connectivity index (χ0) is 23.1. The van der Waals surface area contributed by atoms with Crippen molar-refractivity contribution in [3.05, 3.63) is 29.3 Å². The normalized spacial score (nSPS) is 19.9. The molecular formula is C26H42N4O2. The van der Waals surface area contributed by atoms with Gasteiger partial charge in [0, 0.05) is 64.0 Å². The van der Waals surface area contributed by atoms with Crippen molar-refractivity contribution in [2.75, 3.05) is 57.8 Å². The summed E-state index contributed by atoms with van der Waals surface area (Å²) in [5.41, 5.74) is 2.82. The quantitative estimate of drug-likeness (QED) is 0.713. The Bertz CT molecular complexity index is 771. The first-order valence-electron chi connectivity index (χ1n) is 12.5. The Balaban J connectivity index is 1.93. The van der Waals surface area contributed by atoms with Crippen LogP contribution in [0.4, 0.5) is 5.69 Å². The molecule has 32 heavy (non-hydrogen) atoms. The first-order valence-corrected chi connectivity index (χ1v) is 12.5. The van der Waals surface area contributed by atoms with Gasteiger partial charge in [-0.05, 0) is 56.1 Å². The summed E-state index contributed by atoms with van der Waals surface area (Å²) in [6.07, 6.45) is 5.86. The van der Waals surface area contributed by atoms with Gasteiger partial charge in [0.1, 0.15) is 0 Å². The number of hydrogen-bond acceptors (Lipinski definition) is 4. The van der Waals surface area contributed by atoms with Crippen LogP contribution in [-0.4, -0.2) is 79.4 Å². The highest BCUT2D eigenvalue weighted by Crippen LogP contribution is 2.27. The van der Waals surface area contributed by atoms with Crippen molar-refractivity contribution in [2.24, 2.45) is 5.92 Å². The van der Waals surface area contributed by atoms with Crippen LogP contribution in [0.15, 0.2) is 18.2 Å². The summed E-state index contributed by atoms with van der Waals surface area (Å²) in [7, 11) is 2.10. The average Bonchev–Trinajstić information content (AvgIpc) is 2.74. The molecule has 2 aliphatic heterocycles. The van der Waals surface area contributed by atoms with Crippen LogP contribution in [0.5, 0.6) is 0 Å². The van der Waals surface area contributed by atoms with Crippen LogP contribution in [0, 0.1) is 5.92 Å². The Hall–Kier alpha value is -1.92. The fraction of sp³-hybridized carbons (Fsp3) is 0.692. The molecule has 0 atom stereocenters. The van der Waals surface area contributed by atoms with Crippen molar-refractivity contribution < 1.29 is 9.59 Å². The number of hydrogen-bond donors (Lipinski definition) is 0. The van der Waals surface area contributed by atoms with E-state index < -0.39 is 0 Å². The molecule has 0 aromatic heterocycles. The Labute approximate surface area is 194 Å². The van der Waals surface area contributed by atoms with E-state index in [0.717, 1.165) is 82.0 Å². The zero-order valence-electron chi connectivity index (χ0n) is 20.6. The van der Waals surface area contributed by atoms with Crippen LogP contribution in [0.2, 0.25) is 0 Å². The average molecular weight is 443 g/mol. The Morgan fingerprint density at radius 3 is 2.22 bits per heavy atom. The van der Waals surface area contributed by atoms with E-state index >= 15 is 0 Å². The molecule has 1 aromatic rings. The van der Waals surface area contributed by atoms with Crippen LogP contribution in [-0.2, 0) is 11.3 Å². The molecule has 0 saturated carbocycles. The minimum atomic E-state index is 0.0804. The third-order valence-electron chi connectivity index (χ3n) is 6.66. The maximum atomic E-state index is 13.3. The molecule has 0 N–H and O–H groups in total. The van der Waals surface area contributed by atoms with Crippen molar-refractivity contribution in [1.29, 1.82) is 0 Å². The van der Waals surface area contributed by atoms with E-state index in [1.54, 1.807) is 6.92 Å². The molecule has 0 radical (unpaired) electrons. The van der Waals surface area contributed by atoms with Gasteiger partial charge in [0.2, 0.25) is 5.91 Å². The number of benzene rings is 1. The molecule has 178 valence electrons. The van der Waals surface area contributed by atoms with E-state index in [9.17, 15) is 9.59 Å². The van der Waals surface area contributed by atoms with Crippen LogP contribution >= 0.6 is 0 Å². The van der Waals surface area contributed by atoms with Crippen molar-refractivity contribution in [2.45, 2.75) is 59.4 Å². The third kappa shape index (κ3) is 6.79. The number of rotatable bonds is 3. The van der Waals surface area contributed by atoms with Crippen molar-refractivity contribution >= 4 is 17.5 Å². The summed E-state index contributed by atoms with van der Waals surface area (Å²) in [6.45, 7) is 13.2. The van der Waals surface area contributed by atoms with Gasteiger partial charge in [0.05, 0.1) is 0 Å². The van der Waals surface area contributed by atoms with Gasteiger partial charge in [0.15, 0.2) is 0 Å². The summed E-state index contributed by atoms with van der Waals surface area (Å²) in [6, 6.07) is 6.00. The highest BCUT2D eigenvalue weighted by Gasteiger charge is 2.24. The number of fused-ring (bicyclic) bond motifs is 1. The molecule has 6 heteroatoms. The van der Waals surface area contributed by atoms with Crippen LogP contribution in [0.3, 0.4) is 0 Å². The molecule has 0 spiro atoms. The summed E-state index contributed by atoms with van der Waals surface area (Å²) in [4.78, 5) is 34.5. The lowest BCUT2D eigenvalue weighted by molar-refractivity contribution is -0.116. The van der Waals surface area contributed by atoms with E-state index in [1.807, 2.05) is 21.9 Å². The number of piperazine rings is 1. The lowest BCUT2D eigenvalue weighted by atomic mass is 10.0. The number of carbonyl (C=O) groups is 2. The summed E-state index contributed by atoms with van der Waals surface area (Å²) in [5, 5.41) is 0. The molecule has 2 aliphatic rings. The highest BCUT2D eigenvalue weighted by molar-refractivity contribution is 5.97. The molecule has 3 rings (SSSR count). The van der Waals surface area contributed by atoms with Gasteiger partial charge in [-0.25, -0.2) is 0 Å². The lowest BCUT2D eigenvalue weighted by Gasteiger charge is -2.33. The molecule has 0 aliphatic carbocycles. The Morgan fingerprint density at radius 1 is 0.906 bits per heavy atom. The first-order chi connectivity index (χ1) is 15.3. The van der Waals surface area contributed by atoms with Gasteiger partial charge >= 0.3 is 0 Å². The number of anilines is 1. The predicted octanol–water partition coefficient (Wildman–Crippen LogP) is 3.85. The van der Waals surface area contributed by atoms with Crippen molar-refractivity contribution in [1.82, 2.24) is 14.7 Å². The van der Waals surface area contributed by atoms with E-state index in [2.05, 4.69) is 36.8 Å². The largest absolute Gasteiger partial charge is 0.336 e. The SMILES string of the molecule is CC(=O)N1CCCCCCCN(CC(C)C)Cc2cc(C(=O)N3CCN(C)CC3)ccc21. The third-order valence-corrected chi connectivity index (χ3v) is 6.66. The van der Waals surface area contributed by atoms with Crippen LogP contribution in [0.1, 0.15) is 68.8 Å². The van der Waals surface area contributed by atoms with Crippen molar-refractivity contribution in [3.63, 3.8) is 0 Å². The first kappa shape index (κ1) is 24.7. The summed E-state index contributed by atoms with van der Waals surface area (Å²) < 4.78 is 0. The molecule has 0 bridgehead atoms. The second-order valence-corrected chi connectivity index (χ2v) is 10.0. The van der Waals surface area contributed by atoms with E-state index in [-0.39, 0.29) is 11.8 Å². The molecule has 1 saturated heterocycles. The van der Waals surface area contributed by atoms with Crippen molar-refractivity contribution in [3.8, 4) is 0 Å². The fourth-order valence-corrected chi connectivity index (χ4v) is 4.88. The monoisotopic (exact) mass is 442 g/mol. The van der Waals surface area contributed by atoms with Gasteiger partial charge in [-0.2, -0.15) is 0 Å². The second kappa shape index (κ2) is 11.8.